The molecule has 1 aliphatic heterocycles. The molecule has 1 aliphatic rings. The maximum absolute atomic E-state index is 15.2. The summed E-state index contributed by atoms with van der Waals surface area (Å²) in [7, 11) is 0.868. The largest absolute Gasteiger partial charge is 0.497 e. The third kappa shape index (κ3) is 7.47. The molecule has 1 heterocycles. The number of rotatable bonds is 14. The summed E-state index contributed by atoms with van der Waals surface area (Å²) in [5.41, 5.74) is 1.77. The van der Waals surface area contributed by atoms with Crippen LogP contribution in [0.25, 0.3) is 0 Å². The van der Waals surface area contributed by atoms with Gasteiger partial charge in [0.15, 0.2) is 5.75 Å². The Balaban J connectivity index is 2.05. The molecule has 11 heteroatoms. The van der Waals surface area contributed by atoms with E-state index in [0.717, 1.165) is 36.9 Å². The van der Waals surface area contributed by atoms with Gasteiger partial charge in [-0.15, -0.1) is 0 Å². The van der Waals surface area contributed by atoms with E-state index in [2.05, 4.69) is 18.7 Å². The third-order valence-electron chi connectivity index (χ3n) is 8.40. The second kappa shape index (κ2) is 15.0. The monoisotopic (exact) mass is 653 g/mol. The molecule has 1 N–H and O–H groups in total. The highest BCUT2D eigenvalue weighted by atomic mass is 32.2. The van der Waals surface area contributed by atoms with Gasteiger partial charge in [-0.2, -0.15) is 8.70 Å². The molecule has 9 nitrogen and oxygen atoms in total. The predicted molar refractivity (Wildman–Crippen MR) is 179 cm³/mol. The van der Waals surface area contributed by atoms with Crippen molar-refractivity contribution in [3.8, 4) is 11.5 Å². The lowest BCUT2D eigenvalue weighted by Crippen LogP contribution is -2.55. The highest BCUT2D eigenvalue weighted by molar-refractivity contribution is 7.89. The molecule has 0 radical (unpaired) electrons. The normalized spacial score (nSPS) is 16.0. The van der Waals surface area contributed by atoms with Gasteiger partial charge in [-0.05, 0) is 48.7 Å². The summed E-state index contributed by atoms with van der Waals surface area (Å²) >= 11 is 0. The lowest BCUT2D eigenvalue weighted by atomic mass is 9.85. The van der Waals surface area contributed by atoms with Gasteiger partial charge in [-0.25, -0.2) is 13.2 Å². The Kier molecular flexibility index (Phi) is 11.3. The lowest BCUT2D eigenvalue weighted by molar-refractivity contribution is -0.134. The Hall–Kier alpha value is -4.09. The summed E-state index contributed by atoms with van der Waals surface area (Å²) in [6.45, 7) is 4.74. The van der Waals surface area contributed by atoms with E-state index >= 15 is 8.42 Å². The van der Waals surface area contributed by atoms with E-state index in [-0.39, 0.29) is 17.2 Å². The average molecular weight is 654 g/mol. The maximum Gasteiger partial charge on any atom is 0.368 e. The summed E-state index contributed by atoms with van der Waals surface area (Å²) < 4.78 is 57.0. The number of sulfonamides is 1. The van der Waals surface area contributed by atoms with Crippen molar-refractivity contribution in [2.75, 3.05) is 37.5 Å². The minimum Gasteiger partial charge on any atom is -0.497 e. The van der Waals surface area contributed by atoms with Gasteiger partial charge >= 0.3 is 5.97 Å². The number of methoxy groups -OCH3 is 1. The second-order valence-electron chi connectivity index (χ2n) is 11.8. The molecule has 0 unspecified atom stereocenters. The van der Waals surface area contributed by atoms with Crippen LogP contribution in [0.4, 0.5) is 21.5 Å². The van der Waals surface area contributed by atoms with E-state index < -0.39 is 27.4 Å². The van der Waals surface area contributed by atoms with Gasteiger partial charge in [0.05, 0.1) is 24.0 Å². The molecule has 0 saturated heterocycles. The van der Waals surface area contributed by atoms with Gasteiger partial charge in [0.25, 0.3) is 0 Å². The summed E-state index contributed by atoms with van der Waals surface area (Å²) in [6, 6.07) is 20.2. The molecule has 248 valence electrons. The molecule has 0 aromatic heterocycles. The highest BCUT2D eigenvalue weighted by Gasteiger charge is 2.49. The number of hydrogen-bond acceptors (Lipinski definition) is 7. The zero-order chi connectivity index (χ0) is 33.5. The number of carboxylic acid groups (broad SMARTS) is 1. The van der Waals surface area contributed by atoms with Crippen molar-refractivity contribution in [2.24, 2.45) is 0 Å². The van der Waals surface area contributed by atoms with Crippen LogP contribution in [0.3, 0.4) is 0 Å². The number of anilines is 3. The van der Waals surface area contributed by atoms with Gasteiger partial charge in [0.1, 0.15) is 16.9 Å². The topological polar surface area (TPSA) is 99.6 Å². The predicted octanol–water partition coefficient (Wildman–Crippen LogP) is 7.50. The fourth-order valence-corrected chi connectivity index (χ4v) is 7.93. The van der Waals surface area contributed by atoms with E-state index in [4.69, 9.17) is 14.6 Å². The van der Waals surface area contributed by atoms with Crippen LogP contribution in [0.1, 0.15) is 57.9 Å². The average Bonchev–Trinajstić information content (AvgIpc) is 3.13. The van der Waals surface area contributed by atoms with E-state index in [9.17, 15) is 9.18 Å². The van der Waals surface area contributed by atoms with Crippen LogP contribution in [0, 0.1) is 0 Å². The first kappa shape index (κ1) is 34.8. The Labute approximate surface area is 271 Å². The third-order valence-corrected chi connectivity index (χ3v) is 10.4. The Bertz CT molecular complexity index is 1620. The van der Waals surface area contributed by atoms with Crippen LogP contribution >= 0.6 is 0 Å². The van der Waals surface area contributed by atoms with Crippen molar-refractivity contribution >= 4 is 33.1 Å². The minimum absolute atomic E-state index is 0.00975. The Morgan fingerprint density at radius 2 is 1.65 bits per heavy atom. The standard InChI is InChI=1S/C35H44FN3O6S/c1-6-8-19-35(20-9-7-2)25-38(27-13-11-10-12-14-27)31-21-30(37(3)4)32(45-24-29(36)34(40)41)22-33(31)46(42,43)39(35)23-26-15-17-28(44-5)18-16-26/h10-18,21-22,24H,6-9,19-20,23,25H2,1-5H3,(H,40,41). The summed E-state index contributed by atoms with van der Waals surface area (Å²) in [4.78, 5) is 14.9. The van der Waals surface area contributed by atoms with Gasteiger partial charge in [-0.1, -0.05) is 69.9 Å². The number of hydrogen-bond donors (Lipinski definition) is 1. The quantitative estimate of drug-likeness (QED) is 0.141. The molecule has 0 spiro atoms. The number of para-hydroxylation sites is 1. The Morgan fingerprint density at radius 1 is 1.02 bits per heavy atom. The van der Waals surface area contributed by atoms with Crippen molar-refractivity contribution < 1.29 is 32.2 Å². The van der Waals surface area contributed by atoms with Crippen LogP contribution in [0.5, 0.6) is 11.5 Å². The minimum atomic E-state index is -4.23. The van der Waals surface area contributed by atoms with E-state index in [1.165, 1.54) is 6.07 Å². The van der Waals surface area contributed by atoms with Gasteiger partial charge < -0.3 is 24.4 Å². The molecule has 0 atom stereocenters. The fraction of sp³-hybridized carbons (Fsp3) is 0.400. The fourth-order valence-electron chi connectivity index (χ4n) is 5.93. The highest BCUT2D eigenvalue weighted by Crippen LogP contribution is 2.48. The first-order valence-corrected chi connectivity index (χ1v) is 17.0. The summed E-state index contributed by atoms with van der Waals surface area (Å²) in [5, 5.41) is 9.07. The van der Waals surface area contributed by atoms with E-state index in [1.807, 2.05) is 54.6 Å². The van der Waals surface area contributed by atoms with Crippen LogP contribution in [0.15, 0.2) is 83.7 Å². The number of fused-ring (bicyclic) bond motifs is 1. The molecule has 0 fully saturated rings. The van der Waals surface area contributed by atoms with E-state index in [1.54, 1.807) is 36.5 Å². The molecule has 46 heavy (non-hydrogen) atoms. The zero-order valence-electron chi connectivity index (χ0n) is 27.2. The van der Waals surface area contributed by atoms with Crippen molar-refractivity contribution in [2.45, 2.75) is 69.4 Å². The van der Waals surface area contributed by atoms with Gasteiger partial charge in [0, 0.05) is 38.9 Å². The van der Waals surface area contributed by atoms with Crippen LogP contribution in [-0.2, 0) is 21.4 Å². The van der Waals surface area contributed by atoms with E-state index in [0.29, 0.717) is 42.8 Å². The summed E-state index contributed by atoms with van der Waals surface area (Å²) in [5.74, 6) is -2.61. The number of nitrogens with zero attached hydrogens (tertiary/aromatic N) is 3. The number of aliphatic carboxylic acids is 1. The first-order valence-electron chi connectivity index (χ1n) is 15.6. The number of ether oxygens (including phenoxy) is 2. The molecule has 0 amide bonds. The SMILES string of the molecule is CCCCC1(CCCC)CN(c2ccccc2)c2cc(N(C)C)c(OC=C(F)C(=O)O)cc2S(=O)(=O)N1Cc1ccc(OC)cc1. The van der Waals surface area contributed by atoms with Crippen molar-refractivity contribution in [1.82, 2.24) is 4.31 Å². The van der Waals surface area contributed by atoms with Crippen LogP contribution in [0.2, 0.25) is 0 Å². The van der Waals surface area contributed by atoms with Crippen LogP contribution < -0.4 is 19.3 Å². The maximum atomic E-state index is 15.2. The molecular weight excluding hydrogens is 609 g/mol. The molecule has 3 aromatic rings. The molecule has 0 saturated carbocycles. The Morgan fingerprint density at radius 3 is 2.20 bits per heavy atom. The number of unbranched alkanes of at least 4 members (excludes halogenated alkanes) is 2. The van der Waals surface area contributed by atoms with Crippen molar-refractivity contribution in [3.05, 3.63) is 84.4 Å². The van der Waals surface area contributed by atoms with Gasteiger partial charge in [0.2, 0.25) is 15.9 Å². The second-order valence-corrected chi connectivity index (χ2v) is 13.6. The summed E-state index contributed by atoms with van der Waals surface area (Å²) in [6.07, 6.45) is 5.22. The number of carboxylic acids is 1. The smallest absolute Gasteiger partial charge is 0.368 e. The lowest BCUT2D eigenvalue weighted by Gasteiger charge is -2.44. The van der Waals surface area contributed by atoms with Crippen LogP contribution in [-0.4, -0.2) is 57.1 Å². The number of carbonyl (C=O) groups is 1. The van der Waals surface area contributed by atoms with Gasteiger partial charge in [-0.3, -0.25) is 0 Å². The molecule has 0 bridgehead atoms. The molecule has 0 aliphatic carbocycles. The number of halogens is 1. The molecule has 4 rings (SSSR count). The zero-order valence-corrected chi connectivity index (χ0v) is 28.0. The van der Waals surface area contributed by atoms with Crippen molar-refractivity contribution in [1.29, 1.82) is 0 Å². The first-order chi connectivity index (χ1) is 22.0. The van der Waals surface area contributed by atoms with Crippen molar-refractivity contribution in [3.63, 3.8) is 0 Å². The molecule has 3 aromatic carbocycles. The molecular formula is C35H44FN3O6S. The number of benzene rings is 3.